The SMILES string of the molecule is COc1cc(N2CCOCC2)ccc1Nc1ncc(Cl)c(NN)n1. The van der Waals surface area contributed by atoms with Crippen molar-refractivity contribution in [3.05, 3.63) is 29.4 Å². The van der Waals surface area contributed by atoms with E-state index in [1.54, 1.807) is 7.11 Å². The highest BCUT2D eigenvalue weighted by Gasteiger charge is 2.14. The quantitative estimate of drug-likeness (QED) is 0.556. The van der Waals surface area contributed by atoms with Crippen molar-refractivity contribution in [2.45, 2.75) is 0 Å². The summed E-state index contributed by atoms with van der Waals surface area (Å²) < 4.78 is 10.9. The van der Waals surface area contributed by atoms with Gasteiger partial charge < -0.3 is 25.1 Å². The van der Waals surface area contributed by atoms with Gasteiger partial charge in [-0.15, -0.1) is 0 Å². The maximum Gasteiger partial charge on any atom is 0.229 e. The Bertz CT molecular complexity index is 708. The van der Waals surface area contributed by atoms with Crippen LogP contribution in [0.15, 0.2) is 24.4 Å². The largest absolute Gasteiger partial charge is 0.494 e. The molecule has 1 fully saturated rings. The van der Waals surface area contributed by atoms with Crippen LogP contribution in [0.1, 0.15) is 0 Å². The second-order valence-corrected chi connectivity index (χ2v) is 5.55. The number of nitrogens with two attached hydrogens (primary N) is 1. The second-order valence-electron chi connectivity index (χ2n) is 5.14. The molecule has 1 aliphatic heterocycles. The van der Waals surface area contributed by atoms with Crippen LogP contribution in [0.25, 0.3) is 0 Å². The van der Waals surface area contributed by atoms with Crippen LogP contribution in [0, 0.1) is 0 Å². The molecule has 0 bridgehead atoms. The van der Waals surface area contributed by atoms with Crippen molar-refractivity contribution >= 4 is 34.7 Å². The minimum absolute atomic E-state index is 0.345. The number of hydrazine groups is 1. The number of hydrogen-bond donors (Lipinski definition) is 3. The molecule has 128 valence electrons. The van der Waals surface area contributed by atoms with Crippen molar-refractivity contribution in [3.63, 3.8) is 0 Å². The fraction of sp³-hybridized carbons (Fsp3) is 0.333. The first kappa shape index (κ1) is 16.6. The molecule has 1 aromatic heterocycles. The number of halogens is 1. The predicted octanol–water partition coefficient (Wildman–Crippen LogP) is 2.00. The van der Waals surface area contributed by atoms with Crippen molar-refractivity contribution in [3.8, 4) is 5.75 Å². The summed E-state index contributed by atoms with van der Waals surface area (Å²) in [6.45, 7) is 3.19. The molecule has 4 N–H and O–H groups in total. The van der Waals surface area contributed by atoms with E-state index in [0.29, 0.717) is 22.5 Å². The lowest BCUT2D eigenvalue weighted by molar-refractivity contribution is 0.122. The van der Waals surface area contributed by atoms with Gasteiger partial charge in [0.2, 0.25) is 5.95 Å². The average molecular weight is 351 g/mol. The summed E-state index contributed by atoms with van der Waals surface area (Å²) in [5.74, 6) is 6.78. The topological polar surface area (TPSA) is 97.6 Å². The number of hydrogen-bond acceptors (Lipinski definition) is 8. The first-order chi connectivity index (χ1) is 11.7. The number of benzene rings is 1. The Morgan fingerprint density at radius 2 is 2.12 bits per heavy atom. The van der Waals surface area contributed by atoms with E-state index in [1.807, 2.05) is 18.2 Å². The average Bonchev–Trinajstić information content (AvgIpc) is 2.64. The van der Waals surface area contributed by atoms with Crippen molar-refractivity contribution < 1.29 is 9.47 Å². The fourth-order valence-corrected chi connectivity index (χ4v) is 2.60. The Morgan fingerprint density at radius 3 is 2.83 bits per heavy atom. The van der Waals surface area contributed by atoms with Gasteiger partial charge in [-0.3, -0.25) is 0 Å². The van der Waals surface area contributed by atoms with E-state index in [9.17, 15) is 0 Å². The van der Waals surface area contributed by atoms with E-state index in [1.165, 1.54) is 6.20 Å². The van der Waals surface area contributed by atoms with Crippen LogP contribution in [0.2, 0.25) is 5.02 Å². The summed E-state index contributed by atoms with van der Waals surface area (Å²) in [7, 11) is 1.62. The van der Waals surface area contributed by atoms with Crippen LogP contribution in [0.4, 0.5) is 23.1 Å². The molecule has 0 unspecified atom stereocenters. The zero-order chi connectivity index (χ0) is 16.9. The molecular weight excluding hydrogens is 332 g/mol. The number of aromatic nitrogens is 2. The van der Waals surface area contributed by atoms with E-state index in [2.05, 4.69) is 25.6 Å². The minimum Gasteiger partial charge on any atom is -0.494 e. The molecule has 0 spiro atoms. The molecule has 2 aromatic rings. The van der Waals surface area contributed by atoms with Gasteiger partial charge in [0, 0.05) is 24.8 Å². The van der Waals surface area contributed by atoms with E-state index in [-0.39, 0.29) is 0 Å². The van der Waals surface area contributed by atoms with Crippen molar-refractivity contribution in [1.82, 2.24) is 9.97 Å². The Hall–Kier alpha value is -2.29. The van der Waals surface area contributed by atoms with Crippen molar-refractivity contribution in [2.75, 3.05) is 49.1 Å². The Balaban J connectivity index is 1.82. The number of morpholine rings is 1. The summed E-state index contributed by atoms with van der Waals surface area (Å²) in [5, 5.41) is 3.46. The van der Waals surface area contributed by atoms with Gasteiger partial charge >= 0.3 is 0 Å². The highest BCUT2D eigenvalue weighted by Crippen LogP contribution is 2.32. The van der Waals surface area contributed by atoms with Crippen molar-refractivity contribution in [2.24, 2.45) is 5.84 Å². The molecule has 24 heavy (non-hydrogen) atoms. The molecule has 0 radical (unpaired) electrons. The Labute approximate surface area is 144 Å². The van der Waals surface area contributed by atoms with Crippen LogP contribution in [0.3, 0.4) is 0 Å². The molecule has 0 saturated carbocycles. The molecule has 3 rings (SSSR count). The lowest BCUT2D eigenvalue weighted by Gasteiger charge is -2.29. The van der Waals surface area contributed by atoms with E-state index < -0.39 is 0 Å². The molecular formula is C15H19ClN6O2. The van der Waals surface area contributed by atoms with Crippen LogP contribution in [-0.2, 0) is 4.74 Å². The highest BCUT2D eigenvalue weighted by molar-refractivity contribution is 6.32. The second kappa shape index (κ2) is 7.52. The number of methoxy groups -OCH3 is 1. The molecule has 0 aliphatic carbocycles. The molecule has 8 nitrogen and oxygen atoms in total. The Morgan fingerprint density at radius 1 is 1.33 bits per heavy atom. The predicted molar refractivity (Wildman–Crippen MR) is 94.2 cm³/mol. The number of nitrogen functional groups attached to an aromatic ring is 1. The maximum atomic E-state index is 5.93. The third kappa shape index (κ3) is 3.61. The number of rotatable bonds is 5. The minimum atomic E-state index is 0.345. The number of ether oxygens (including phenoxy) is 2. The first-order valence-corrected chi connectivity index (χ1v) is 7.86. The van der Waals surface area contributed by atoms with Gasteiger partial charge in [0.25, 0.3) is 0 Å². The zero-order valence-corrected chi connectivity index (χ0v) is 14.0. The summed E-state index contributed by atoms with van der Waals surface area (Å²) in [6.07, 6.45) is 1.47. The summed E-state index contributed by atoms with van der Waals surface area (Å²) in [4.78, 5) is 10.6. The van der Waals surface area contributed by atoms with E-state index >= 15 is 0 Å². The maximum absolute atomic E-state index is 5.93. The van der Waals surface area contributed by atoms with E-state index in [0.717, 1.165) is 37.7 Å². The van der Waals surface area contributed by atoms with Crippen LogP contribution in [-0.4, -0.2) is 43.4 Å². The summed E-state index contributed by atoms with van der Waals surface area (Å²) in [6, 6.07) is 5.93. The third-order valence-electron chi connectivity index (χ3n) is 3.69. The molecule has 0 atom stereocenters. The van der Waals surface area contributed by atoms with Gasteiger partial charge in [0.05, 0.1) is 32.2 Å². The normalized spacial score (nSPS) is 14.4. The van der Waals surface area contributed by atoms with Gasteiger partial charge in [-0.25, -0.2) is 10.8 Å². The van der Waals surface area contributed by atoms with E-state index in [4.69, 9.17) is 26.9 Å². The number of anilines is 4. The summed E-state index contributed by atoms with van der Waals surface area (Å²) in [5.41, 5.74) is 4.26. The van der Waals surface area contributed by atoms with Gasteiger partial charge in [-0.05, 0) is 12.1 Å². The van der Waals surface area contributed by atoms with Gasteiger partial charge in [0.15, 0.2) is 5.82 Å². The third-order valence-corrected chi connectivity index (χ3v) is 3.97. The first-order valence-electron chi connectivity index (χ1n) is 7.48. The smallest absolute Gasteiger partial charge is 0.229 e. The van der Waals surface area contributed by atoms with Gasteiger partial charge in [-0.1, -0.05) is 11.6 Å². The summed E-state index contributed by atoms with van der Waals surface area (Å²) >= 11 is 5.93. The van der Waals surface area contributed by atoms with Gasteiger partial charge in [-0.2, -0.15) is 4.98 Å². The van der Waals surface area contributed by atoms with Crippen LogP contribution < -0.4 is 26.2 Å². The molecule has 1 saturated heterocycles. The molecule has 1 aliphatic rings. The van der Waals surface area contributed by atoms with Gasteiger partial charge in [0.1, 0.15) is 10.8 Å². The van der Waals surface area contributed by atoms with Crippen LogP contribution in [0.5, 0.6) is 5.75 Å². The van der Waals surface area contributed by atoms with Crippen LogP contribution >= 0.6 is 11.6 Å². The molecule has 1 aromatic carbocycles. The highest BCUT2D eigenvalue weighted by atomic mass is 35.5. The monoisotopic (exact) mass is 350 g/mol. The fourth-order valence-electron chi connectivity index (χ4n) is 2.45. The lowest BCUT2D eigenvalue weighted by Crippen LogP contribution is -2.36. The number of nitrogens with zero attached hydrogens (tertiary/aromatic N) is 3. The lowest BCUT2D eigenvalue weighted by atomic mass is 10.2. The number of nitrogens with one attached hydrogen (secondary N) is 2. The standard InChI is InChI=1S/C15H19ClN6O2/c1-23-13-8-10(22-4-6-24-7-5-22)2-3-12(13)19-15-18-9-11(16)14(20-15)21-17/h2-3,8-9H,4-7,17H2,1H3,(H2,18,19,20,21). The molecule has 9 heteroatoms. The zero-order valence-electron chi connectivity index (χ0n) is 13.3. The van der Waals surface area contributed by atoms with Crippen molar-refractivity contribution in [1.29, 1.82) is 0 Å². The molecule has 2 heterocycles. The Kier molecular flexibility index (Phi) is 5.19. The molecule has 0 amide bonds.